The predicted octanol–water partition coefficient (Wildman–Crippen LogP) is 5.10. The molecule has 148 valence electrons. The average molecular weight is 392 g/mol. The van der Waals surface area contributed by atoms with Crippen molar-refractivity contribution in [1.29, 1.82) is 0 Å². The molecule has 0 bridgehead atoms. The van der Waals surface area contributed by atoms with Crippen LogP contribution in [0.2, 0.25) is 0 Å². The average Bonchev–Trinajstić information content (AvgIpc) is 3.19. The Kier molecular flexibility index (Phi) is 5.33. The maximum Gasteiger partial charge on any atom is 0.322 e. The number of nitrogens with one attached hydrogen (secondary N) is 1. The zero-order chi connectivity index (χ0) is 20.2. The van der Waals surface area contributed by atoms with Crippen LogP contribution in [-0.4, -0.2) is 17.7 Å². The Morgan fingerprint density at radius 3 is 2.34 bits per heavy atom. The lowest BCUT2D eigenvalue weighted by atomic mass is 10.1. The summed E-state index contributed by atoms with van der Waals surface area (Å²) in [6.07, 6.45) is 0. The fourth-order valence-electron chi connectivity index (χ4n) is 3.11. The van der Waals surface area contributed by atoms with Crippen LogP contribution in [0.5, 0.6) is 11.5 Å². The SMILES string of the molecule is Cc1ccc(NC(=O)N(Cc2ccc(F)cc2)Cc2ccc3c(c2)OCO3)cc1. The van der Waals surface area contributed by atoms with E-state index in [9.17, 15) is 9.18 Å². The Hall–Kier alpha value is -3.54. The van der Waals surface area contributed by atoms with Crippen LogP contribution in [0.25, 0.3) is 0 Å². The van der Waals surface area contributed by atoms with E-state index in [0.29, 0.717) is 24.6 Å². The van der Waals surface area contributed by atoms with Gasteiger partial charge in [-0.1, -0.05) is 35.9 Å². The first-order valence-electron chi connectivity index (χ1n) is 9.32. The molecule has 0 unspecified atom stereocenters. The van der Waals surface area contributed by atoms with Gasteiger partial charge in [0, 0.05) is 18.8 Å². The lowest BCUT2D eigenvalue weighted by Gasteiger charge is -2.24. The van der Waals surface area contributed by atoms with E-state index in [1.807, 2.05) is 49.4 Å². The third kappa shape index (κ3) is 4.66. The number of benzene rings is 3. The van der Waals surface area contributed by atoms with Crippen molar-refractivity contribution in [3.63, 3.8) is 0 Å². The van der Waals surface area contributed by atoms with Gasteiger partial charge in [-0.2, -0.15) is 0 Å². The molecule has 3 aromatic rings. The summed E-state index contributed by atoms with van der Waals surface area (Å²) >= 11 is 0. The number of carbonyl (C=O) groups excluding carboxylic acids is 1. The molecule has 1 aliphatic heterocycles. The van der Waals surface area contributed by atoms with E-state index in [0.717, 1.165) is 22.4 Å². The molecule has 0 aromatic heterocycles. The quantitative estimate of drug-likeness (QED) is 0.657. The van der Waals surface area contributed by atoms with Gasteiger partial charge in [-0.15, -0.1) is 0 Å². The Bertz CT molecular complexity index is 1000. The van der Waals surface area contributed by atoms with E-state index in [1.165, 1.54) is 12.1 Å². The number of hydrogen-bond donors (Lipinski definition) is 1. The van der Waals surface area contributed by atoms with Gasteiger partial charge in [-0.3, -0.25) is 0 Å². The largest absolute Gasteiger partial charge is 0.454 e. The summed E-state index contributed by atoms with van der Waals surface area (Å²) in [5.74, 6) is 1.06. The molecule has 0 fully saturated rings. The number of rotatable bonds is 5. The fraction of sp³-hybridized carbons (Fsp3) is 0.174. The van der Waals surface area contributed by atoms with Crippen LogP contribution in [0.4, 0.5) is 14.9 Å². The smallest absolute Gasteiger partial charge is 0.322 e. The molecule has 0 aliphatic carbocycles. The molecular formula is C23H21FN2O3. The number of carbonyl (C=O) groups is 1. The van der Waals surface area contributed by atoms with Crippen molar-refractivity contribution in [1.82, 2.24) is 4.90 Å². The van der Waals surface area contributed by atoms with E-state index in [2.05, 4.69) is 5.32 Å². The maximum atomic E-state index is 13.3. The monoisotopic (exact) mass is 392 g/mol. The Balaban J connectivity index is 1.54. The van der Waals surface area contributed by atoms with E-state index in [1.54, 1.807) is 17.0 Å². The van der Waals surface area contributed by atoms with Crippen molar-refractivity contribution in [2.45, 2.75) is 20.0 Å². The molecule has 0 radical (unpaired) electrons. The number of halogens is 1. The van der Waals surface area contributed by atoms with Crippen LogP contribution in [0.1, 0.15) is 16.7 Å². The number of ether oxygens (including phenoxy) is 2. The molecule has 0 saturated carbocycles. The van der Waals surface area contributed by atoms with Crippen molar-refractivity contribution in [3.05, 3.63) is 89.2 Å². The van der Waals surface area contributed by atoms with Crippen LogP contribution in [0, 0.1) is 12.7 Å². The highest BCUT2D eigenvalue weighted by atomic mass is 19.1. The summed E-state index contributed by atoms with van der Waals surface area (Å²) in [5, 5.41) is 2.93. The number of fused-ring (bicyclic) bond motifs is 1. The number of hydrogen-bond acceptors (Lipinski definition) is 3. The molecule has 5 nitrogen and oxygen atoms in total. The molecule has 6 heteroatoms. The summed E-state index contributed by atoms with van der Waals surface area (Å²) in [6, 6.07) is 19.1. The second-order valence-electron chi connectivity index (χ2n) is 6.97. The highest BCUT2D eigenvalue weighted by molar-refractivity contribution is 5.89. The molecule has 2 amide bonds. The highest BCUT2D eigenvalue weighted by Gasteiger charge is 2.18. The number of nitrogens with zero attached hydrogens (tertiary/aromatic N) is 1. The van der Waals surface area contributed by atoms with Crippen molar-refractivity contribution >= 4 is 11.7 Å². The van der Waals surface area contributed by atoms with Crippen LogP contribution >= 0.6 is 0 Å². The highest BCUT2D eigenvalue weighted by Crippen LogP contribution is 2.33. The zero-order valence-corrected chi connectivity index (χ0v) is 16.0. The van der Waals surface area contributed by atoms with E-state index < -0.39 is 0 Å². The molecule has 0 saturated heterocycles. The Morgan fingerprint density at radius 1 is 0.931 bits per heavy atom. The van der Waals surface area contributed by atoms with Crippen LogP contribution in [0.3, 0.4) is 0 Å². The van der Waals surface area contributed by atoms with E-state index in [-0.39, 0.29) is 18.6 Å². The normalized spacial score (nSPS) is 11.9. The topological polar surface area (TPSA) is 50.8 Å². The second kappa shape index (κ2) is 8.22. The van der Waals surface area contributed by atoms with Gasteiger partial charge in [-0.05, 0) is 54.4 Å². The summed E-state index contributed by atoms with van der Waals surface area (Å²) in [4.78, 5) is 14.7. The molecule has 1 heterocycles. The zero-order valence-electron chi connectivity index (χ0n) is 16.0. The Labute approximate surface area is 168 Å². The van der Waals surface area contributed by atoms with Crippen molar-refractivity contribution in [2.24, 2.45) is 0 Å². The molecule has 29 heavy (non-hydrogen) atoms. The van der Waals surface area contributed by atoms with Crippen molar-refractivity contribution in [3.8, 4) is 11.5 Å². The Morgan fingerprint density at radius 2 is 1.59 bits per heavy atom. The van der Waals surface area contributed by atoms with Crippen molar-refractivity contribution < 1.29 is 18.7 Å². The van der Waals surface area contributed by atoms with Gasteiger partial charge in [0.1, 0.15) is 5.82 Å². The van der Waals surface area contributed by atoms with Crippen LogP contribution in [-0.2, 0) is 13.1 Å². The van der Waals surface area contributed by atoms with Gasteiger partial charge in [0.05, 0.1) is 0 Å². The fourth-order valence-corrected chi connectivity index (χ4v) is 3.11. The number of anilines is 1. The molecule has 1 N–H and O–H groups in total. The number of aryl methyl sites for hydroxylation is 1. The molecule has 0 atom stereocenters. The minimum absolute atomic E-state index is 0.200. The van der Waals surface area contributed by atoms with E-state index >= 15 is 0 Å². The number of amides is 2. The lowest BCUT2D eigenvalue weighted by molar-refractivity contribution is 0.174. The summed E-state index contributed by atoms with van der Waals surface area (Å²) in [7, 11) is 0. The second-order valence-corrected chi connectivity index (χ2v) is 6.97. The molecule has 0 spiro atoms. The first-order valence-corrected chi connectivity index (χ1v) is 9.32. The summed E-state index contributed by atoms with van der Waals surface area (Å²) < 4.78 is 24.0. The van der Waals surface area contributed by atoms with Gasteiger partial charge < -0.3 is 19.7 Å². The van der Waals surface area contributed by atoms with Crippen LogP contribution < -0.4 is 14.8 Å². The summed E-state index contributed by atoms with van der Waals surface area (Å²) in [5.41, 5.74) is 3.59. The van der Waals surface area contributed by atoms with Crippen LogP contribution in [0.15, 0.2) is 66.7 Å². The van der Waals surface area contributed by atoms with Gasteiger partial charge in [-0.25, -0.2) is 9.18 Å². The lowest BCUT2D eigenvalue weighted by Crippen LogP contribution is -2.34. The third-order valence-corrected chi connectivity index (χ3v) is 4.69. The van der Waals surface area contributed by atoms with Crippen molar-refractivity contribution in [2.75, 3.05) is 12.1 Å². The minimum atomic E-state index is -0.305. The van der Waals surface area contributed by atoms with Gasteiger partial charge in [0.15, 0.2) is 11.5 Å². The molecule has 4 rings (SSSR count). The number of urea groups is 1. The van der Waals surface area contributed by atoms with Gasteiger partial charge in [0.25, 0.3) is 0 Å². The van der Waals surface area contributed by atoms with E-state index in [4.69, 9.17) is 9.47 Å². The molecular weight excluding hydrogens is 371 g/mol. The standard InChI is InChI=1S/C23H21FN2O3/c1-16-2-9-20(10-3-16)25-23(27)26(13-17-4-7-19(24)8-5-17)14-18-6-11-21-22(12-18)29-15-28-21/h2-12H,13-15H2,1H3,(H,25,27). The van der Waals surface area contributed by atoms with Gasteiger partial charge in [0.2, 0.25) is 6.79 Å². The molecule has 3 aromatic carbocycles. The first kappa shape index (κ1) is 18.8. The van der Waals surface area contributed by atoms with Gasteiger partial charge >= 0.3 is 6.03 Å². The minimum Gasteiger partial charge on any atom is -0.454 e. The summed E-state index contributed by atoms with van der Waals surface area (Å²) in [6.45, 7) is 2.90. The predicted molar refractivity (Wildman–Crippen MR) is 108 cm³/mol. The molecule has 1 aliphatic rings. The third-order valence-electron chi connectivity index (χ3n) is 4.69. The first-order chi connectivity index (χ1) is 14.1. The maximum absolute atomic E-state index is 13.3.